The Balaban J connectivity index is 2.50. The predicted molar refractivity (Wildman–Crippen MR) is 107 cm³/mol. The van der Waals surface area contributed by atoms with Gasteiger partial charge in [-0.15, -0.1) is 10.2 Å². The van der Waals surface area contributed by atoms with Gasteiger partial charge in [0.15, 0.2) is 11.4 Å². The number of hydrogen-bond acceptors (Lipinski definition) is 6. The number of carbonyl (C=O) groups excluding carboxylic acids is 1. The fourth-order valence-electron chi connectivity index (χ4n) is 2.77. The first-order valence-corrected chi connectivity index (χ1v) is 9.18. The van der Waals surface area contributed by atoms with E-state index in [4.69, 9.17) is 4.74 Å². The van der Waals surface area contributed by atoms with E-state index in [1.165, 1.54) is 0 Å². The van der Waals surface area contributed by atoms with Gasteiger partial charge in [0.1, 0.15) is 5.69 Å². The Bertz CT molecular complexity index is 888. The lowest BCUT2D eigenvalue weighted by Crippen LogP contribution is -2.20. The Morgan fingerprint density at radius 2 is 1.89 bits per heavy atom. The summed E-state index contributed by atoms with van der Waals surface area (Å²) in [5.74, 6) is -0.483. The molecule has 0 heterocycles. The number of phenols is 1. The molecule has 6 heteroatoms. The van der Waals surface area contributed by atoms with Crippen molar-refractivity contribution in [3.05, 3.63) is 47.3 Å². The number of fused-ring (bicyclic) bond motifs is 1. The number of rotatable bonds is 7. The molecule has 27 heavy (non-hydrogen) atoms. The summed E-state index contributed by atoms with van der Waals surface area (Å²) in [6.45, 7) is 8.55. The summed E-state index contributed by atoms with van der Waals surface area (Å²) in [5.41, 5.74) is 2.25. The molecule has 0 atom stereocenters. The van der Waals surface area contributed by atoms with Crippen molar-refractivity contribution in [1.82, 2.24) is 4.90 Å². The van der Waals surface area contributed by atoms with Crippen molar-refractivity contribution in [3.8, 4) is 5.75 Å². The standard InChI is InChI=1S/C21H27N3O3/c1-6-15-10-9-11-17-16(15)12-13-18(20(17)25)22-23-19(21(26)27-8-3)14(4)24(5)7-2/h9-13,25H,6-8H2,1-5H3. The summed E-state index contributed by atoms with van der Waals surface area (Å²) < 4.78 is 5.10. The number of allylic oxidation sites excluding steroid dienone is 1. The number of aryl methyl sites for hydroxylation is 1. The zero-order chi connectivity index (χ0) is 20.0. The fourth-order valence-corrected chi connectivity index (χ4v) is 2.77. The minimum atomic E-state index is -0.535. The molecule has 2 aromatic rings. The summed E-state index contributed by atoms with van der Waals surface area (Å²) in [5, 5.41) is 20.6. The van der Waals surface area contributed by atoms with Crippen LogP contribution in [-0.2, 0) is 16.0 Å². The van der Waals surface area contributed by atoms with E-state index in [1.807, 2.05) is 43.1 Å². The molecule has 0 aliphatic heterocycles. The van der Waals surface area contributed by atoms with Crippen LogP contribution in [0.2, 0.25) is 0 Å². The molecule has 0 fully saturated rings. The normalized spacial score (nSPS) is 12.3. The van der Waals surface area contributed by atoms with Crippen LogP contribution >= 0.6 is 0 Å². The van der Waals surface area contributed by atoms with Gasteiger partial charge in [-0.3, -0.25) is 0 Å². The maximum atomic E-state index is 12.3. The first-order valence-electron chi connectivity index (χ1n) is 9.18. The third kappa shape index (κ3) is 4.45. The van der Waals surface area contributed by atoms with Gasteiger partial charge >= 0.3 is 5.97 Å². The highest BCUT2D eigenvalue weighted by Crippen LogP contribution is 2.36. The molecule has 0 aliphatic carbocycles. The highest BCUT2D eigenvalue weighted by atomic mass is 16.5. The second-order valence-corrected chi connectivity index (χ2v) is 6.17. The van der Waals surface area contributed by atoms with Crippen molar-refractivity contribution in [1.29, 1.82) is 0 Å². The Hall–Kier alpha value is -2.89. The molecule has 0 aromatic heterocycles. The number of esters is 1. The average molecular weight is 369 g/mol. The zero-order valence-corrected chi connectivity index (χ0v) is 16.6. The van der Waals surface area contributed by atoms with E-state index < -0.39 is 5.97 Å². The Morgan fingerprint density at radius 3 is 2.52 bits per heavy atom. The van der Waals surface area contributed by atoms with Crippen LogP contribution in [0.15, 0.2) is 52.0 Å². The van der Waals surface area contributed by atoms with Gasteiger partial charge in [0, 0.05) is 24.7 Å². The van der Waals surface area contributed by atoms with Crippen LogP contribution in [0.4, 0.5) is 5.69 Å². The van der Waals surface area contributed by atoms with Crippen LogP contribution in [-0.4, -0.2) is 36.2 Å². The van der Waals surface area contributed by atoms with Crippen LogP contribution in [0.5, 0.6) is 5.75 Å². The molecule has 6 nitrogen and oxygen atoms in total. The third-order valence-electron chi connectivity index (χ3n) is 4.60. The number of phenolic OH excluding ortho intramolecular Hbond substituents is 1. The molecule has 0 bridgehead atoms. The number of azo groups is 1. The molecule has 0 amide bonds. The first-order chi connectivity index (χ1) is 12.9. The van der Waals surface area contributed by atoms with Crippen molar-refractivity contribution in [2.75, 3.05) is 20.2 Å². The lowest BCUT2D eigenvalue weighted by molar-refractivity contribution is -0.138. The van der Waals surface area contributed by atoms with Crippen molar-refractivity contribution < 1.29 is 14.6 Å². The monoisotopic (exact) mass is 369 g/mol. The zero-order valence-electron chi connectivity index (χ0n) is 16.6. The Labute approximate surface area is 160 Å². The maximum absolute atomic E-state index is 12.3. The SMILES string of the molecule is CCOC(=O)C(N=Nc1ccc2c(CC)cccc2c1O)=C(C)N(C)CC. The van der Waals surface area contributed by atoms with Crippen LogP contribution in [0, 0.1) is 0 Å². The van der Waals surface area contributed by atoms with Gasteiger partial charge in [-0.05, 0) is 44.2 Å². The highest BCUT2D eigenvalue weighted by molar-refractivity contribution is 5.94. The predicted octanol–water partition coefficient (Wildman–Crippen LogP) is 4.94. The van der Waals surface area contributed by atoms with Gasteiger partial charge in [-0.1, -0.05) is 31.2 Å². The lowest BCUT2D eigenvalue weighted by atomic mass is 10.0. The quantitative estimate of drug-likeness (QED) is 0.426. The number of aromatic hydroxyl groups is 1. The first kappa shape index (κ1) is 20.4. The van der Waals surface area contributed by atoms with E-state index in [0.717, 1.165) is 22.8 Å². The second-order valence-electron chi connectivity index (χ2n) is 6.17. The molecule has 0 saturated heterocycles. The molecule has 144 valence electrons. The van der Waals surface area contributed by atoms with Crippen LogP contribution in [0.1, 0.15) is 33.3 Å². The van der Waals surface area contributed by atoms with Gasteiger partial charge in [-0.2, -0.15) is 0 Å². The van der Waals surface area contributed by atoms with Gasteiger partial charge in [0.25, 0.3) is 0 Å². The van der Waals surface area contributed by atoms with E-state index in [2.05, 4.69) is 17.2 Å². The second kappa shape index (κ2) is 9.16. The topological polar surface area (TPSA) is 74.5 Å². The van der Waals surface area contributed by atoms with E-state index in [1.54, 1.807) is 19.9 Å². The van der Waals surface area contributed by atoms with Gasteiger partial charge in [0.2, 0.25) is 0 Å². The summed E-state index contributed by atoms with van der Waals surface area (Å²) >= 11 is 0. The van der Waals surface area contributed by atoms with Crippen LogP contribution in [0.25, 0.3) is 10.8 Å². The third-order valence-corrected chi connectivity index (χ3v) is 4.60. The van der Waals surface area contributed by atoms with Gasteiger partial charge in [0.05, 0.1) is 6.61 Å². The molecule has 0 unspecified atom stereocenters. The minimum Gasteiger partial charge on any atom is -0.505 e. The minimum absolute atomic E-state index is 0.0521. The van der Waals surface area contributed by atoms with E-state index >= 15 is 0 Å². The number of benzene rings is 2. The van der Waals surface area contributed by atoms with E-state index in [9.17, 15) is 9.90 Å². The van der Waals surface area contributed by atoms with Crippen LogP contribution in [0.3, 0.4) is 0 Å². The summed E-state index contributed by atoms with van der Waals surface area (Å²) in [7, 11) is 1.86. The molecular formula is C21H27N3O3. The van der Waals surface area contributed by atoms with Crippen LogP contribution < -0.4 is 0 Å². The molecular weight excluding hydrogens is 342 g/mol. The van der Waals surface area contributed by atoms with Crippen molar-refractivity contribution in [2.45, 2.75) is 34.1 Å². The molecule has 0 aliphatic rings. The number of nitrogens with zero attached hydrogens (tertiary/aromatic N) is 3. The molecule has 2 aromatic carbocycles. The molecule has 0 saturated carbocycles. The van der Waals surface area contributed by atoms with Crippen molar-refractivity contribution in [3.63, 3.8) is 0 Å². The molecule has 0 spiro atoms. The Kier molecular flexibility index (Phi) is 6.93. The van der Waals surface area contributed by atoms with Gasteiger partial charge < -0.3 is 14.7 Å². The molecule has 1 N–H and O–H groups in total. The summed E-state index contributed by atoms with van der Waals surface area (Å²) in [4.78, 5) is 14.2. The van der Waals surface area contributed by atoms with Gasteiger partial charge in [-0.25, -0.2) is 4.79 Å². The smallest absolute Gasteiger partial charge is 0.360 e. The summed E-state index contributed by atoms with van der Waals surface area (Å²) in [6, 6.07) is 9.42. The average Bonchev–Trinajstić information content (AvgIpc) is 2.68. The fraction of sp³-hybridized carbons (Fsp3) is 0.381. The number of ether oxygens (including phenoxy) is 1. The summed E-state index contributed by atoms with van der Waals surface area (Å²) in [6.07, 6.45) is 0.871. The van der Waals surface area contributed by atoms with E-state index in [-0.39, 0.29) is 18.1 Å². The van der Waals surface area contributed by atoms with Crippen molar-refractivity contribution >= 4 is 22.4 Å². The number of carbonyl (C=O) groups is 1. The Morgan fingerprint density at radius 1 is 1.15 bits per heavy atom. The maximum Gasteiger partial charge on any atom is 0.360 e. The highest BCUT2D eigenvalue weighted by Gasteiger charge is 2.17. The van der Waals surface area contributed by atoms with E-state index in [0.29, 0.717) is 17.9 Å². The largest absolute Gasteiger partial charge is 0.505 e. The molecule has 2 rings (SSSR count). The lowest BCUT2D eigenvalue weighted by Gasteiger charge is -2.18. The van der Waals surface area contributed by atoms with Crippen molar-refractivity contribution in [2.24, 2.45) is 10.2 Å². The number of hydrogen-bond donors (Lipinski definition) is 1. The molecule has 0 radical (unpaired) electrons.